The number of ketones is 1. The van der Waals surface area contributed by atoms with Gasteiger partial charge in [0.2, 0.25) is 5.91 Å². The molecule has 0 saturated carbocycles. The van der Waals surface area contributed by atoms with Crippen LogP contribution >= 0.6 is 0 Å². The number of hydrogen-bond acceptors (Lipinski definition) is 11. The van der Waals surface area contributed by atoms with Gasteiger partial charge in [-0.05, 0) is 71.1 Å². The van der Waals surface area contributed by atoms with Crippen LogP contribution in [0.5, 0.6) is 5.75 Å². The molecule has 0 heterocycles. The molecule has 3 N–H and O–H groups in total. The predicted molar refractivity (Wildman–Crippen MR) is 205 cm³/mol. The van der Waals surface area contributed by atoms with Crippen LogP contribution in [0.3, 0.4) is 0 Å². The van der Waals surface area contributed by atoms with Crippen molar-refractivity contribution < 1.29 is 53.1 Å². The summed E-state index contributed by atoms with van der Waals surface area (Å²) in [4.78, 5) is 64.7. The Balaban J connectivity index is 3.18. The number of aliphatic hydroxyl groups is 2. The number of methoxy groups -OCH3 is 1. The Morgan fingerprint density at radius 2 is 1.56 bits per heavy atom. The number of unbranched alkanes of at least 4 members (excludes halogenated alkanes) is 8. The fourth-order valence-corrected chi connectivity index (χ4v) is 5.50. The van der Waals surface area contributed by atoms with Crippen molar-refractivity contribution in [1.29, 1.82) is 0 Å². The van der Waals surface area contributed by atoms with Gasteiger partial charge in [0.1, 0.15) is 29.8 Å². The molecule has 0 spiro atoms. The molecule has 0 aliphatic rings. The number of hydrogen-bond donors (Lipinski definition) is 3. The van der Waals surface area contributed by atoms with Gasteiger partial charge >= 0.3 is 17.9 Å². The highest BCUT2D eigenvalue weighted by Gasteiger charge is 2.49. The standard InChI is InChI=1S/C42H63NO11/c1-7-9-11-14-17-20-33(45)21-18-15-12-13-16-19-22-35(42(50,27-28-44)40(49)54-41(3,4)5)38(47)43-36(39(48)53-31-37(46)51-6)30-32-23-25-34(26-24-32)52-29-10-8-2/h19,22-26,35-36,44,50H,7,9,11-18,20-21,27-31H2,1-6H3,(H,43,47)/t35-,36+,42+/m1/s1. The Hall–Kier alpha value is -4.21. The van der Waals surface area contributed by atoms with Gasteiger partial charge in [0.25, 0.3) is 0 Å². The first-order chi connectivity index (χ1) is 25.7. The van der Waals surface area contributed by atoms with E-state index in [0.29, 0.717) is 36.4 Å². The van der Waals surface area contributed by atoms with Crippen molar-refractivity contribution >= 4 is 29.6 Å². The van der Waals surface area contributed by atoms with Crippen LogP contribution < -0.4 is 10.1 Å². The minimum absolute atomic E-state index is 0.0799. The Morgan fingerprint density at radius 1 is 0.926 bits per heavy atom. The minimum atomic E-state index is -2.50. The Bertz CT molecular complexity index is 1390. The fraction of sp³-hybridized carbons (Fsp3) is 0.643. The molecule has 0 radical (unpaired) electrons. The molecule has 12 nitrogen and oxygen atoms in total. The van der Waals surface area contributed by atoms with E-state index >= 15 is 0 Å². The van der Waals surface area contributed by atoms with E-state index < -0.39 is 66.6 Å². The number of benzene rings is 1. The van der Waals surface area contributed by atoms with Crippen LogP contribution in [0.4, 0.5) is 0 Å². The van der Waals surface area contributed by atoms with E-state index in [0.717, 1.165) is 45.6 Å². The summed E-state index contributed by atoms with van der Waals surface area (Å²) in [6, 6.07) is 5.37. The van der Waals surface area contributed by atoms with E-state index in [1.54, 1.807) is 58.0 Å². The maximum atomic E-state index is 14.1. The molecular formula is C42H63NO11. The SMILES string of the molecule is CC#CCOc1ccc(C[C@H](NC(=O)[C@@H](C=CCCCCCCC(=O)CCCCCCC)[C@@](O)(CCO)C(=O)OC(C)(C)C)C(=O)OCC(=O)OC)cc1. The zero-order chi connectivity index (χ0) is 40.4. The van der Waals surface area contributed by atoms with Crippen LogP contribution in [0.2, 0.25) is 0 Å². The molecule has 302 valence electrons. The molecule has 0 saturated heterocycles. The Morgan fingerprint density at radius 3 is 2.13 bits per heavy atom. The third-order valence-corrected chi connectivity index (χ3v) is 8.52. The van der Waals surface area contributed by atoms with Gasteiger partial charge in [-0.1, -0.05) is 75.7 Å². The van der Waals surface area contributed by atoms with E-state index in [9.17, 15) is 34.2 Å². The van der Waals surface area contributed by atoms with Crippen LogP contribution in [0, 0.1) is 17.8 Å². The van der Waals surface area contributed by atoms with Crippen molar-refractivity contribution in [2.75, 3.05) is 26.9 Å². The molecule has 1 aromatic carbocycles. The van der Waals surface area contributed by atoms with Gasteiger partial charge in [0.15, 0.2) is 12.2 Å². The molecule has 54 heavy (non-hydrogen) atoms. The average molecular weight is 758 g/mol. The summed E-state index contributed by atoms with van der Waals surface area (Å²) < 4.78 is 20.7. The lowest BCUT2D eigenvalue weighted by atomic mass is 9.82. The molecule has 3 atom stereocenters. The first kappa shape index (κ1) is 47.8. The predicted octanol–water partition coefficient (Wildman–Crippen LogP) is 5.73. The van der Waals surface area contributed by atoms with Crippen LogP contribution in [-0.4, -0.2) is 84.0 Å². The van der Waals surface area contributed by atoms with Gasteiger partial charge in [0, 0.05) is 32.3 Å². The molecule has 0 bridgehead atoms. The molecule has 1 rings (SSSR count). The molecule has 0 aliphatic heterocycles. The highest BCUT2D eigenvalue weighted by molar-refractivity contribution is 5.93. The average Bonchev–Trinajstić information content (AvgIpc) is 3.12. The number of allylic oxidation sites excluding steroid dienone is 1. The molecule has 1 amide bonds. The smallest absolute Gasteiger partial charge is 0.344 e. The van der Waals surface area contributed by atoms with Gasteiger partial charge < -0.3 is 34.5 Å². The van der Waals surface area contributed by atoms with E-state index in [2.05, 4.69) is 28.8 Å². The summed E-state index contributed by atoms with van der Waals surface area (Å²) in [5, 5.41) is 24.3. The minimum Gasteiger partial charge on any atom is -0.481 e. The zero-order valence-corrected chi connectivity index (χ0v) is 33.2. The van der Waals surface area contributed by atoms with E-state index in [4.69, 9.17) is 14.2 Å². The highest BCUT2D eigenvalue weighted by atomic mass is 16.6. The summed E-state index contributed by atoms with van der Waals surface area (Å²) >= 11 is 0. The van der Waals surface area contributed by atoms with E-state index in [-0.39, 0.29) is 13.0 Å². The Kier molecular flexibility index (Phi) is 23.5. The fourth-order valence-electron chi connectivity index (χ4n) is 5.50. The van der Waals surface area contributed by atoms with Gasteiger partial charge in [-0.25, -0.2) is 14.4 Å². The van der Waals surface area contributed by atoms with Crippen LogP contribution in [0.25, 0.3) is 0 Å². The van der Waals surface area contributed by atoms with Crippen LogP contribution in [0.1, 0.15) is 124 Å². The molecular weight excluding hydrogens is 694 g/mol. The summed E-state index contributed by atoms with van der Waals surface area (Å²) in [5.41, 5.74) is -2.93. The van der Waals surface area contributed by atoms with Crippen LogP contribution in [0.15, 0.2) is 36.4 Å². The van der Waals surface area contributed by atoms with Crippen LogP contribution in [-0.2, 0) is 44.6 Å². The number of carbonyl (C=O) groups is 5. The van der Waals surface area contributed by atoms with Gasteiger partial charge in [-0.3, -0.25) is 9.59 Å². The van der Waals surface area contributed by atoms with E-state index in [1.807, 2.05) is 0 Å². The number of amides is 1. The quantitative estimate of drug-likeness (QED) is 0.0329. The number of ether oxygens (including phenoxy) is 4. The number of nitrogens with one attached hydrogen (secondary N) is 1. The van der Waals surface area contributed by atoms with Crippen molar-refractivity contribution in [3.05, 3.63) is 42.0 Å². The lowest BCUT2D eigenvalue weighted by molar-refractivity contribution is -0.185. The largest absolute Gasteiger partial charge is 0.481 e. The van der Waals surface area contributed by atoms with Gasteiger partial charge in [-0.15, -0.1) is 5.92 Å². The monoisotopic (exact) mass is 757 g/mol. The topological polar surface area (TPSA) is 175 Å². The number of esters is 3. The normalized spacial score (nSPS) is 13.5. The van der Waals surface area contributed by atoms with Gasteiger partial charge in [0.05, 0.1) is 13.0 Å². The first-order valence-corrected chi connectivity index (χ1v) is 19.1. The second-order valence-corrected chi connectivity index (χ2v) is 14.3. The molecule has 0 aliphatic carbocycles. The number of Topliss-reactive ketones (excluding diaryl/α,β-unsaturated/α-hetero) is 1. The van der Waals surface area contributed by atoms with E-state index in [1.165, 1.54) is 25.3 Å². The lowest BCUT2D eigenvalue weighted by Crippen LogP contribution is -2.56. The lowest BCUT2D eigenvalue weighted by Gasteiger charge is -2.34. The number of carbonyl (C=O) groups excluding carboxylic acids is 5. The van der Waals surface area contributed by atoms with Gasteiger partial charge in [-0.2, -0.15) is 0 Å². The van der Waals surface area contributed by atoms with Crippen molar-refractivity contribution in [3.63, 3.8) is 0 Å². The summed E-state index contributed by atoms with van der Waals surface area (Å²) in [7, 11) is 1.14. The van der Waals surface area contributed by atoms with Crippen molar-refractivity contribution in [1.82, 2.24) is 5.32 Å². The molecule has 0 unspecified atom stereocenters. The molecule has 0 fully saturated rings. The maximum Gasteiger partial charge on any atom is 0.344 e. The zero-order valence-electron chi connectivity index (χ0n) is 33.2. The number of rotatable bonds is 27. The third-order valence-electron chi connectivity index (χ3n) is 8.52. The second kappa shape index (κ2) is 26.5. The highest BCUT2D eigenvalue weighted by Crippen LogP contribution is 2.29. The third kappa shape index (κ3) is 19.7. The van der Waals surface area contributed by atoms with Crippen molar-refractivity contribution in [3.8, 4) is 17.6 Å². The second-order valence-electron chi connectivity index (χ2n) is 14.3. The molecule has 0 aromatic heterocycles. The Labute approximate surface area is 321 Å². The first-order valence-electron chi connectivity index (χ1n) is 19.1. The summed E-state index contributed by atoms with van der Waals surface area (Å²) in [6.07, 6.45) is 12.9. The maximum absolute atomic E-state index is 14.1. The summed E-state index contributed by atoms with van der Waals surface area (Å²) in [5.74, 6) is 1.01. The molecule has 12 heteroatoms. The number of aliphatic hydroxyl groups excluding tert-OH is 1. The van der Waals surface area contributed by atoms with Crippen molar-refractivity contribution in [2.45, 2.75) is 142 Å². The van der Waals surface area contributed by atoms with Crippen molar-refractivity contribution in [2.24, 2.45) is 5.92 Å². The summed E-state index contributed by atoms with van der Waals surface area (Å²) in [6.45, 7) is 7.53. The molecule has 1 aromatic rings.